The highest BCUT2D eigenvalue weighted by Gasteiger charge is 2.29. The Labute approximate surface area is 174 Å². The van der Waals surface area contributed by atoms with Gasteiger partial charge in [-0.3, -0.25) is 4.79 Å². The number of anilines is 1. The first-order valence-corrected chi connectivity index (χ1v) is 10.4. The first-order valence-electron chi connectivity index (χ1n) is 10.4. The number of urea groups is 1. The summed E-state index contributed by atoms with van der Waals surface area (Å²) in [5.41, 5.74) is 4.83. The van der Waals surface area contributed by atoms with Crippen molar-refractivity contribution < 1.29 is 14.0 Å². The van der Waals surface area contributed by atoms with E-state index in [1.54, 1.807) is 6.21 Å². The number of nitrogens with one attached hydrogen (secondary N) is 2. The van der Waals surface area contributed by atoms with Crippen LogP contribution < -0.4 is 10.6 Å². The highest BCUT2D eigenvalue weighted by atomic mass is 16.3. The van der Waals surface area contributed by atoms with Crippen LogP contribution in [-0.2, 0) is 24.1 Å². The Kier molecular flexibility index (Phi) is 4.83. The minimum absolute atomic E-state index is 0.144. The monoisotopic (exact) mass is 401 g/mol. The van der Waals surface area contributed by atoms with Gasteiger partial charge in [0.05, 0.1) is 0 Å². The van der Waals surface area contributed by atoms with Crippen molar-refractivity contribution in [3.05, 3.63) is 64.9 Å². The van der Waals surface area contributed by atoms with Gasteiger partial charge in [0.1, 0.15) is 11.3 Å². The molecule has 3 amide bonds. The second-order valence-corrected chi connectivity index (χ2v) is 7.89. The van der Waals surface area contributed by atoms with Crippen molar-refractivity contribution in [2.75, 3.05) is 11.9 Å². The summed E-state index contributed by atoms with van der Waals surface area (Å²) in [7, 11) is 0. The van der Waals surface area contributed by atoms with Crippen LogP contribution in [0, 0.1) is 5.92 Å². The number of carbonyl (C=O) groups is 2. The fraction of sp³-hybridized carbons (Fsp3) is 0.292. The number of rotatable bonds is 6. The van der Waals surface area contributed by atoms with Gasteiger partial charge in [-0.15, -0.1) is 0 Å². The Morgan fingerprint density at radius 1 is 1.17 bits per heavy atom. The largest absolute Gasteiger partial charge is 0.460 e. The van der Waals surface area contributed by atoms with Crippen molar-refractivity contribution in [3.63, 3.8) is 0 Å². The summed E-state index contributed by atoms with van der Waals surface area (Å²) in [4.78, 5) is 27.8. The summed E-state index contributed by atoms with van der Waals surface area (Å²) in [6.45, 7) is 0.565. The molecule has 5 rings (SSSR count). The fourth-order valence-electron chi connectivity index (χ4n) is 4.06. The van der Waals surface area contributed by atoms with Crippen molar-refractivity contribution in [1.82, 2.24) is 5.32 Å². The molecule has 1 fully saturated rings. The number of hydrogen-bond donors (Lipinski definition) is 2. The van der Waals surface area contributed by atoms with E-state index in [9.17, 15) is 9.59 Å². The number of amides is 3. The minimum Gasteiger partial charge on any atom is -0.460 e. The lowest BCUT2D eigenvalue weighted by Gasteiger charge is -2.10. The first-order chi connectivity index (χ1) is 14.7. The van der Waals surface area contributed by atoms with Gasteiger partial charge in [0.2, 0.25) is 5.91 Å². The molecule has 30 heavy (non-hydrogen) atoms. The highest BCUT2D eigenvalue weighted by molar-refractivity contribution is 6.03. The Balaban J connectivity index is 1.53. The molecule has 1 saturated carbocycles. The summed E-state index contributed by atoms with van der Waals surface area (Å²) in [5.74, 6) is 1.24. The van der Waals surface area contributed by atoms with Gasteiger partial charge in [0, 0.05) is 48.2 Å². The van der Waals surface area contributed by atoms with Crippen molar-refractivity contribution >= 4 is 34.8 Å². The van der Waals surface area contributed by atoms with Crippen molar-refractivity contribution in [1.29, 1.82) is 0 Å². The third kappa shape index (κ3) is 3.73. The van der Waals surface area contributed by atoms with Crippen molar-refractivity contribution in [2.45, 2.75) is 32.1 Å². The maximum Gasteiger partial charge on any atom is 0.345 e. The second-order valence-electron chi connectivity index (χ2n) is 7.89. The van der Waals surface area contributed by atoms with Crippen LogP contribution in [0.2, 0.25) is 0 Å². The normalized spacial score (nSPS) is 15.5. The molecule has 0 spiro atoms. The molecule has 152 valence electrons. The van der Waals surface area contributed by atoms with Crippen LogP contribution in [-0.4, -0.2) is 24.7 Å². The predicted molar refractivity (Wildman–Crippen MR) is 116 cm³/mol. The van der Waals surface area contributed by atoms with E-state index in [2.05, 4.69) is 27.8 Å². The topological polar surface area (TPSA) is 83.7 Å². The van der Waals surface area contributed by atoms with E-state index >= 15 is 0 Å². The molecule has 0 unspecified atom stereocenters. The van der Waals surface area contributed by atoms with Gasteiger partial charge in [-0.25, -0.2) is 9.79 Å². The van der Waals surface area contributed by atoms with E-state index in [0.717, 1.165) is 46.4 Å². The summed E-state index contributed by atoms with van der Waals surface area (Å²) >= 11 is 0. The molecule has 2 heterocycles. The summed E-state index contributed by atoms with van der Waals surface area (Å²) < 4.78 is 6.28. The molecule has 2 aromatic carbocycles. The minimum atomic E-state index is -0.362. The molecular weight excluding hydrogens is 378 g/mol. The van der Waals surface area contributed by atoms with E-state index < -0.39 is 0 Å². The molecule has 1 aliphatic carbocycles. The molecule has 0 atom stereocenters. The van der Waals surface area contributed by atoms with E-state index in [0.29, 0.717) is 25.8 Å². The zero-order valence-electron chi connectivity index (χ0n) is 16.6. The Morgan fingerprint density at radius 2 is 2.00 bits per heavy atom. The van der Waals surface area contributed by atoms with Crippen molar-refractivity contribution in [3.8, 4) is 0 Å². The van der Waals surface area contributed by atoms with Crippen molar-refractivity contribution in [2.24, 2.45) is 10.9 Å². The number of fused-ring (bicyclic) bond motifs is 3. The summed E-state index contributed by atoms with van der Waals surface area (Å²) in [6.07, 6.45) is 5.53. The Bertz CT molecular complexity index is 1140. The van der Waals surface area contributed by atoms with E-state index in [4.69, 9.17) is 4.42 Å². The van der Waals surface area contributed by atoms with Crippen LogP contribution in [0.1, 0.15) is 35.3 Å². The van der Waals surface area contributed by atoms with Gasteiger partial charge in [-0.05, 0) is 42.5 Å². The second kappa shape index (κ2) is 7.78. The zero-order chi connectivity index (χ0) is 20.5. The summed E-state index contributed by atoms with van der Waals surface area (Å²) in [5, 5.41) is 6.93. The molecule has 0 saturated heterocycles. The Hall–Kier alpha value is -3.41. The number of furan rings is 1. The van der Waals surface area contributed by atoms with Crippen LogP contribution in [0.4, 0.5) is 10.5 Å². The molecule has 2 N–H and O–H groups in total. The number of aliphatic imine (C=N–C) groups is 1. The lowest BCUT2D eigenvalue weighted by Crippen LogP contribution is -2.27. The lowest BCUT2D eigenvalue weighted by atomic mass is 9.97. The number of benzene rings is 2. The number of hydrogen-bond acceptors (Lipinski definition) is 3. The predicted octanol–water partition coefficient (Wildman–Crippen LogP) is 4.25. The highest BCUT2D eigenvalue weighted by Crippen LogP contribution is 2.36. The van der Waals surface area contributed by atoms with Gasteiger partial charge in [0.15, 0.2) is 0 Å². The molecule has 1 aromatic heterocycles. The molecule has 2 aliphatic rings. The SMILES string of the molecule is O=C1N=CCc2c(ccc3oc(Cc4ccccc4)c(CCNC(=O)C4CC4)c23)N1. The third-order valence-corrected chi connectivity index (χ3v) is 5.72. The van der Waals surface area contributed by atoms with Gasteiger partial charge < -0.3 is 15.1 Å². The Morgan fingerprint density at radius 3 is 2.80 bits per heavy atom. The standard InChI is InChI=1S/C24H23N3O3/c28-23(16-6-7-16)25-12-11-18-21(14-15-4-2-1-3-5-15)30-20-9-8-19-17(22(18)20)10-13-26-24(29)27-19/h1-5,8-9,13,16H,6-7,10-12,14H2,(H,25,28)(H,27,29). The van der Waals surface area contributed by atoms with Gasteiger partial charge >= 0.3 is 6.03 Å². The molecule has 6 heteroatoms. The maximum absolute atomic E-state index is 12.1. The van der Waals surface area contributed by atoms with E-state index in [-0.39, 0.29) is 17.9 Å². The fourth-order valence-corrected chi connectivity index (χ4v) is 4.06. The van der Waals surface area contributed by atoms with Crippen LogP contribution in [0.15, 0.2) is 51.9 Å². The third-order valence-electron chi connectivity index (χ3n) is 5.72. The van der Waals surface area contributed by atoms with Crippen LogP contribution >= 0.6 is 0 Å². The van der Waals surface area contributed by atoms with E-state index in [1.165, 1.54) is 5.56 Å². The van der Waals surface area contributed by atoms with Crippen LogP contribution in [0.5, 0.6) is 0 Å². The number of carbonyl (C=O) groups excluding carboxylic acids is 2. The number of nitrogens with zero attached hydrogens (tertiary/aromatic N) is 1. The van der Waals surface area contributed by atoms with Gasteiger partial charge in [-0.1, -0.05) is 30.3 Å². The molecular formula is C24H23N3O3. The van der Waals surface area contributed by atoms with Crippen LogP contribution in [0.25, 0.3) is 11.0 Å². The molecule has 0 radical (unpaired) electrons. The average Bonchev–Trinajstić information content (AvgIpc) is 3.56. The van der Waals surface area contributed by atoms with Gasteiger partial charge in [0.25, 0.3) is 0 Å². The smallest absolute Gasteiger partial charge is 0.345 e. The summed E-state index contributed by atoms with van der Waals surface area (Å²) in [6, 6.07) is 13.6. The zero-order valence-corrected chi connectivity index (χ0v) is 16.6. The maximum atomic E-state index is 12.1. The molecule has 1 aliphatic heterocycles. The average molecular weight is 401 g/mol. The van der Waals surface area contributed by atoms with Gasteiger partial charge in [-0.2, -0.15) is 0 Å². The van der Waals surface area contributed by atoms with E-state index in [1.807, 2.05) is 30.3 Å². The molecule has 3 aromatic rings. The molecule has 0 bridgehead atoms. The first kappa shape index (κ1) is 18.6. The lowest BCUT2D eigenvalue weighted by molar-refractivity contribution is -0.122. The molecule has 6 nitrogen and oxygen atoms in total. The quantitative estimate of drug-likeness (QED) is 0.648. The van der Waals surface area contributed by atoms with Crippen LogP contribution in [0.3, 0.4) is 0 Å².